The van der Waals surface area contributed by atoms with Crippen molar-refractivity contribution in [2.24, 2.45) is 5.90 Å². The van der Waals surface area contributed by atoms with Gasteiger partial charge in [0.25, 0.3) is 0 Å². The van der Waals surface area contributed by atoms with Crippen molar-refractivity contribution in [2.45, 2.75) is 6.61 Å². The third-order valence-corrected chi connectivity index (χ3v) is 1.42. The van der Waals surface area contributed by atoms with Crippen LogP contribution >= 0.6 is 0 Å². The molecule has 2 N–H and O–H groups in total. The number of hydrogen-bond acceptors (Lipinski definition) is 2. The topological polar surface area (TPSA) is 35.2 Å². The second kappa shape index (κ2) is 3.71. The normalized spacial score (nSPS) is 10.5. The Morgan fingerprint density at radius 2 is 1.69 bits per heavy atom. The highest BCUT2D eigenvalue weighted by atomic mass is 19.2. The SMILES string of the molecule is NOCc1cc(F)c(F)c(F)c1F. The van der Waals surface area contributed by atoms with Crippen LogP contribution < -0.4 is 5.90 Å². The Balaban J connectivity index is 3.24. The van der Waals surface area contributed by atoms with E-state index in [9.17, 15) is 17.6 Å². The van der Waals surface area contributed by atoms with Gasteiger partial charge in [0, 0.05) is 5.56 Å². The quantitative estimate of drug-likeness (QED) is 0.337. The molecule has 0 bridgehead atoms. The van der Waals surface area contributed by atoms with Crippen molar-refractivity contribution in [2.75, 3.05) is 0 Å². The van der Waals surface area contributed by atoms with Crippen molar-refractivity contribution < 1.29 is 22.4 Å². The van der Waals surface area contributed by atoms with Gasteiger partial charge in [-0.05, 0) is 6.07 Å². The summed E-state index contributed by atoms with van der Waals surface area (Å²) in [6, 6.07) is 0.487. The molecule has 0 aliphatic rings. The molecule has 0 aliphatic heterocycles. The minimum Gasteiger partial charge on any atom is -0.300 e. The standard InChI is InChI=1S/C7H5F4NO/c8-4-1-3(2-13-12)5(9)7(11)6(4)10/h1H,2,12H2. The minimum absolute atomic E-state index is 0.473. The average Bonchev–Trinajstić information content (AvgIpc) is 2.11. The van der Waals surface area contributed by atoms with Crippen LogP contribution in [-0.4, -0.2) is 0 Å². The van der Waals surface area contributed by atoms with Crippen LogP contribution in [0.1, 0.15) is 5.56 Å². The molecule has 0 aliphatic carbocycles. The van der Waals surface area contributed by atoms with E-state index in [1.807, 2.05) is 0 Å². The van der Waals surface area contributed by atoms with E-state index in [0.717, 1.165) is 0 Å². The summed E-state index contributed by atoms with van der Waals surface area (Å²) in [4.78, 5) is 3.96. The van der Waals surface area contributed by atoms with Crippen LogP contribution in [0.5, 0.6) is 0 Å². The number of benzene rings is 1. The molecule has 0 aromatic heterocycles. The van der Waals surface area contributed by atoms with Gasteiger partial charge in [-0.3, -0.25) is 4.84 Å². The van der Waals surface area contributed by atoms with E-state index in [0.29, 0.717) is 6.07 Å². The van der Waals surface area contributed by atoms with Crippen LogP contribution in [0, 0.1) is 23.3 Å². The van der Waals surface area contributed by atoms with E-state index in [2.05, 4.69) is 10.7 Å². The predicted octanol–water partition coefficient (Wildman–Crippen LogP) is 1.63. The molecular weight excluding hydrogens is 190 g/mol. The van der Waals surface area contributed by atoms with Crippen LogP contribution in [0.2, 0.25) is 0 Å². The number of halogens is 4. The smallest absolute Gasteiger partial charge is 0.197 e. The van der Waals surface area contributed by atoms with Crippen LogP contribution in [0.4, 0.5) is 17.6 Å². The molecule has 0 fully saturated rings. The molecule has 0 saturated carbocycles. The fraction of sp³-hybridized carbons (Fsp3) is 0.143. The summed E-state index contributed by atoms with van der Waals surface area (Å²) >= 11 is 0. The fourth-order valence-electron chi connectivity index (χ4n) is 0.817. The Labute approximate surface area is 70.9 Å². The Morgan fingerprint density at radius 1 is 1.08 bits per heavy atom. The van der Waals surface area contributed by atoms with Gasteiger partial charge in [-0.15, -0.1) is 0 Å². The molecule has 0 amide bonds. The highest BCUT2D eigenvalue weighted by Crippen LogP contribution is 2.18. The van der Waals surface area contributed by atoms with E-state index >= 15 is 0 Å². The molecule has 2 nitrogen and oxygen atoms in total. The zero-order chi connectivity index (χ0) is 10.0. The Bertz CT molecular complexity index is 329. The van der Waals surface area contributed by atoms with Crippen LogP contribution in [0.15, 0.2) is 6.07 Å². The summed E-state index contributed by atoms with van der Waals surface area (Å²) in [6.07, 6.45) is 0. The third kappa shape index (κ3) is 1.78. The van der Waals surface area contributed by atoms with E-state index in [1.54, 1.807) is 0 Å². The molecule has 1 aromatic carbocycles. The molecule has 0 atom stereocenters. The second-order valence-corrected chi connectivity index (χ2v) is 2.27. The van der Waals surface area contributed by atoms with Crippen LogP contribution in [-0.2, 0) is 11.4 Å². The van der Waals surface area contributed by atoms with Gasteiger partial charge in [-0.1, -0.05) is 0 Å². The summed E-state index contributed by atoms with van der Waals surface area (Å²) in [5.74, 6) is -2.13. The molecular formula is C7H5F4NO. The molecule has 0 spiro atoms. The van der Waals surface area contributed by atoms with Crippen molar-refractivity contribution in [1.82, 2.24) is 0 Å². The molecule has 1 aromatic rings. The van der Waals surface area contributed by atoms with Crippen molar-refractivity contribution in [3.05, 3.63) is 34.9 Å². The van der Waals surface area contributed by atoms with Gasteiger partial charge >= 0.3 is 0 Å². The van der Waals surface area contributed by atoms with E-state index in [4.69, 9.17) is 0 Å². The lowest BCUT2D eigenvalue weighted by Crippen LogP contribution is -2.06. The minimum atomic E-state index is -1.87. The first-order chi connectivity index (χ1) is 6.07. The first kappa shape index (κ1) is 9.94. The summed E-state index contributed by atoms with van der Waals surface area (Å²) in [5, 5.41) is 0. The molecule has 6 heteroatoms. The second-order valence-electron chi connectivity index (χ2n) is 2.27. The van der Waals surface area contributed by atoms with Crippen molar-refractivity contribution >= 4 is 0 Å². The largest absolute Gasteiger partial charge is 0.300 e. The van der Waals surface area contributed by atoms with E-state index in [-0.39, 0.29) is 0 Å². The highest BCUT2D eigenvalue weighted by molar-refractivity contribution is 5.21. The zero-order valence-electron chi connectivity index (χ0n) is 6.28. The van der Waals surface area contributed by atoms with Crippen LogP contribution in [0.3, 0.4) is 0 Å². The van der Waals surface area contributed by atoms with Gasteiger partial charge in [-0.2, -0.15) is 0 Å². The third-order valence-electron chi connectivity index (χ3n) is 1.42. The summed E-state index contributed by atoms with van der Waals surface area (Å²) < 4.78 is 50.0. The molecule has 0 heterocycles. The lowest BCUT2D eigenvalue weighted by molar-refractivity contribution is 0.120. The molecule has 72 valence electrons. The van der Waals surface area contributed by atoms with Gasteiger partial charge in [0.15, 0.2) is 23.3 Å². The van der Waals surface area contributed by atoms with E-state index in [1.165, 1.54) is 0 Å². The maximum Gasteiger partial charge on any atom is 0.197 e. The van der Waals surface area contributed by atoms with Gasteiger partial charge in [0.05, 0.1) is 6.61 Å². The van der Waals surface area contributed by atoms with Crippen molar-refractivity contribution in [1.29, 1.82) is 0 Å². The highest BCUT2D eigenvalue weighted by Gasteiger charge is 2.18. The lowest BCUT2D eigenvalue weighted by Gasteiger charge is -2.03. The molecule has 0 radical (unpaired) electrons. The molecule has 0 saturated heterocycles. The van der Waals surface area contributed by atoms with Crippen molar-refractivity contribution in [3.63, 3.8) is 0 Å². The van der Waals surface area contributed by atoms with Gasteiger partial charge in [0.2, 0.25) is 0 Å². The van der Waals surface area contributed by atoms with Crippen LogP contribution in [0.25, 0.3) is 0 Å². The monoisotopic (exact) mass is 195 g/mol. The maximum atomic E-state index is 12.7. The van der Waals surface area contributed by atoms with E-state index < -0.39 is 35.4 Å². The Hall–Kier alpha value is -1.14. The average molecular weight is 195 g/mol. The first-order valence-corrected chi connectivity index (χ1v) is 3.21. The first-order valence-electron chi connectivity index (χ1n) is 3.21. The number of hydrogen-bond donors (Lipinski definition) is 1. The van der Waals surface area contributed by atoms with Gasteiger partial charge < -0.3 is 0 Å². The van der Waals surface area contributed by atoms with Gasteiger partial charge in [0.1, 0.15) is 0 Å². The molecule has 0 unspecified atom stereocenters. The van der Waals surface area contributed by atoms with Crippen molar-refractivity contribution in [3.8, 4) is 0 Å². The maximum absolute atomic E-state index is 12.7. The summed E-state index contributed by atoms with van der Waals surface area (Å²) in [5.41, 5.74) is -0.473. The fourth-order valence-corrected chi connectivity index (χ4v) is 0.817. The summed E-state index contributed by atoms with van der Waals surface area (Å²) in [7, 11) is 0. The zero-order valence-corrected chi connectivity index (χ0v) is 6.28. The predicted molar refractivity (Wildman–Crippen MR) is 35.3 cm³/mol. The molecule has 1 rings (SSSR count). The Morgan fingerprint density at radius 3 is 2.23 bits per heavy atom. The van der Waals surface area contributed by atoms with Gasteiger partial charge in [-0.25, -0.2) is 23.5 Å². The Kier molecular flexibility index (Phi) is 2.84. The number of rotatable bonds is 2. The molecule has 13 heavy (non-hydrogen) atoms. The number of nitrogens with two attached hydrogens (primary N) is 1. The lowest BCUT2D eigenvalue weighted by atomic mass is 10.2. The summed E-state index contributed by atoms with van der Waals surface area (Å²) in [6.45, 7) is -0.528.